The molecular formula is C15H20N2S. The first-order valence-electron chi connectivity index (χ1n) is 6.22. The van der Waals surface area contributed by atoms with E-state index in [0.717, 1.165) is 11.6 Å². The third-order valence-corrected chi connectivity index (χ3v) is 4.32. The molecule has 0 fully saturated rings. The van der Waals surface area contributed by atoms with E-state index in [2.05, 4.69) is 50.1 Å². The van der Waals surface area contributed by atoms with Crippen LogP contribution in [0.15, 0.2) is 12.1 Å². The number of aryl methyl sites for hydroxylation is 4. The number of aromatic nitrogens is 1. The Morgan fingerprint density at radius 3 is 2.22 bits per heavy atom. The summed E-state index contributed by atoms with van der Waals surface area (Å²) in [6.07, 6.45) is 0.932. The first-order valence-corrected chi connectivity index (χ1v) is 7.03. The van der Waals surface area contributed by atoms with Crippen molar-refractivity contribution in [2.24, 2.45) is 0 Å². The second-order valence-corrected chi connectivity index (χ2v) is 6.03. The smallest absolute Gasteiger partial charge is 0.182 e. The Labute approximate surface area is 113 Å². The van der Waals surface area contributed by atoms with Gasteiger partial charge in [0.05, 0.1) is 5.69 Å². The van der Waals surface area contributed by atoms with Crippen molar-refractivity contribution in [2.45, 2.75) is 34.1 Å². The molecule has 0 saturated carbocycles. The first-order chi connectivity index (χ1) is 8.51. The fraction of sp³-hybridized carbons (Fsp3) is 0.400. The SMILES string of the molecule is CNc1nc(Cc2c(C)cc(C)cc2C)c(C)s1. The van der Waals surface area contributed by atoms with Gasteiger partial charge in [0.1, 0.15) is 0 Å². The molecule has 3 heteroatoms. The molecule has 96 valence electrons. The zero-order chi connectivity index (χ0) is 13.3. The molecule has 0 amide bonds. The van der Waals surface area contributed by atoms with E-state index in [9.17, 15) is 0 Å². The Morgan fingerprint density at radius 1 is 1.11 bits per heavy atom. The Kier molecular flexibility index (Phi) is 3.71. The van der Waals surface area contributed by atoms with Crippen LogP contribution < -0.4 is 5.32 Å². The van der Waals surface area contributed by atoms with E-state index in [0.29, 0.717) is 0 Å². The minimum Gasteiger partial charge on any atom is -0.365 e. The normalized spacial score (nSPS) is 10.7. The van der Waals surface area contributed by atoms with Crippen molar-refractivity contribution >= 4 is 16.5 Å². The van der Waals surface area contributed by atoms with Gasteiger partial charge in [0.15, 0.2) is 5.13 Å². The number of anilines is 1. The molecule has 0 bridgehead atoms. The van der Waals surface area contributed by atoms with Gasteiger partial charge in [-0.05, 0) is 44.4 Å². The second-order valence-electron chi connectivity index (χ2n) is 4.83. The molecule has 2 aromatic rings. The Bertz CT molecular complexity index is 547. The number of nitrogens with zero attached hydrogens (tertiary/aromatic N) is 1. The van der Waals surface area contributed by atoms with Crippen LogP contribution in [0.5, 0.6) is 0 Å². The molecule has 1 heterocycles. The van der Waals surface area contributed by atoms with Crippen LogP contribution in [0.25, 0.3) is 0 Å². The molecular weight excluding hydrogens is 240 g/mol. The topological polar surface area (TPSA) is 24.9 Å². The van der Waals surface area contributed by atoms with E-state index in [1.54, 1.807) is 11.3 Å². The van der Waals surface area contributed by atoms with Crippen LogP contribution in [0.2, 0.25) is 0 Å². The lowest BCUT2D eigenvalue weighted by Gasteiger charge is -2.10. The van der Waals surface area contributed by atoms with Gasteiger partial charge in [-0.25, -0.2) is 4.98 Å². The minimum atomic E-state index is 0.932. The van der Waals surface area contributed by atoms with Crippen molar-refractivity contribution in [1.29, 1.82) is 0 Å². The summed E-state index contributed by atoms with van der Waals surface area (Å²) < 4.78 is 0. The molecule has 0 unspecified atom stereocenters. The average Bonchev–Trinajstić information content (AvgIpc) is 2.64. The number of benzene rings is 1. The summed E-state index contributed by atoms with van der Waals surface area (Å²) in [5.74, 6) is 0. The first kappa shape index (κ1) is 13.1. The quantitative estimate of drug-likeness (QED) is 0.902. The number of thiazole rings is 1. The summed E-state index contributed by atoms with van der Waals surface area (Å²) in [4.78, 5) is 5.94. The maximum absolute atomic E-state index is 4.64. The Morgan fingerprint density at radius 2 is 1.72 bits per heavy atom. The molecule has 0 aliphatic heterocycles. The van der Waals surface area contributed by atoms with Gasteiger partial charge < -0.3 is 5.32 Å². The number of hydrogen-bond donors (Lipinski definition) is 1. The van der Waals surface area contributed by atoms with Crippen LogP contribution in [-0.2, 0) is 6.42 Å². The fourth-order valence-electron chi connectivity index (χ4n) is 2.36. The van der Waals surface area contributed by atoms with E-state index >= 15 is 0 Å². The van der Waals surface area contributed by atoms with Crippen molar-refractivity contribution < 1.29 is 0 Å². The zero-order valence-corrected chi connectivity index (χ0v) is 12.5. The zero-order valence-electron chi connectivity index (χ0n) is 11.7. The lowest BCUT2D eigenvalue weighted by molar-refractivity contribution is 1.05. The van der Waals surface area contributed by atoms with Crippen LogP contribution in [-0.4, -0.2) is 12.0 Å². The number of rotatable bonds is 3. The van der Waals surface area contributed by atoms with E-state index in [4.69, 9.17) is 0 Å². The Balaban J connectivity index is 2.36. The summed E-state index contributed by atoms with van der Waals surface area (Å²) >= 11 is 1.73. The molecule has 0 aliphatic rings. The van der Waals surface area contributed by atoms with Gasteiger partial charge in [-0.15, -0.1) is 11.3 Å². The van der Waals surface area contributed by atoms with Crippen molar-refractivity contribution in [1.82, 2.24) is 4.98 Å². The van der Waals surface area contributed by atoms with Gasteiger partial charge in [-0.1, -0.05) is 17.7 Å². The maximum Gasteiger partial charge on any atom is 0.182 e. The van der Waals surface area contributed by atoms with Crippen molar-refractivity contribution in [2.75, 3.05) is 12.4 Å². The molecule has 1 aromatic heterocycles. The van der Waals surface area contributed by atoms with Gasteiger partial charge in [0, 0.05) is 18.3 Å². The lowest BCUT2D eigenvalue weighted by Crippen LogP contribution is -1.98. The summed E-state index contributed by atoms with van der Waals surface area (Å²) in [5.41, 5.74) is 6.67. The Hall–Kier alpha value is -1.35. The monoisotopic (exact) mass is 260 g/mol. The predicted molar refractivity (Wildman–Crippen MR) is 79.9 cm³/mol. The number of nitrogens with one attached hydrogen (secondary N) is 1. The molecule has 0 saturated heterocycles. The van der Waals surface area contributed by atoms with Gasteiger partial charge in [-0.3, -0.25) is 0 Å². The number of hydrogen-bond acceptors (Lipinski definition) is 3. The summed E-state index contributed by atoms with van der Waals surface area (Å²) in [5, 5.41) is 4.12. The van der Waals surface area contributed by atoms with Gasteiger partial charge in [0.2, 0.25) is 0 Å². The van der Waals surface area contributed by atoms with E-state index in [1.807, 2.05) is 7.05 Å². The van der Waals surface area contributed by atoms with Crippen LogP contribution >= 0.6 is 11.3 Å². The van der Waals surface area contributed by atoms with Crippen molar-refractivity contribution in [3.63, 3.8) is 0 Å². The molecule has 18 heavy (non-hydrogen) atoms. The average molecular weight is 260 g/mol. The molecule has 0 spiro atoms. The standard InChI is InChI=1S/C15H20N2S/c1-9-6-10(2)13(11(3)7-9)8-14-12(4)18-15(16-5)17-14/h6-7H,8H2,1-5H3,(H,16,17). The lowest BCUT2D eigenvalue weighted by atomic mass is 9.96. The highest BCUT2D eigenvalue weighted by Gasteiger charge is 2.11. The van der Waals surface area contributed by atoms with Gasteiger partial charge in [-0.2, -0.15) is 0 Å². The van der Waals surface area contributed by atoms with Crippen LogP contribution in [0, 0.1) is 27.7 Å². The van der Waals surface area contributed by atoms with Gasteiger partial charge >= 0.3 is 0 Å². The van der Waals surface area contributed by atoms with Crippen LogP contribution in [0.3, 0.4) is 0 Å². The summed E-state index contributed by atoms with van der Waals surface area (Å²) in [6, 6.07) is 4.51. The molecule has 2 rings (SSSR count). The molecule has 1 aromatic carbocycles. The molecule has 0 radical (unpaired) electrons. The molecule has 0 atom stereocenters. The highest BCUT2D eigenvalue weighted by atomic mass is 32.1. The van der Waals surface area contributed by atoms with Crippen LogP contribution in [0.1, 0.15) is 32.8 Å². The highest BCUT2D eigenvalue weighted by molar-refractivity contribution is 7.15. The highest BCUT2D eigenvalue weighted by Crippen LogP contribution is 2.26. The maximum atomic E-state index is 4.64. The minimum absolute atomic E-state index is 0.932. The van der Waals surface area contributed by atoms with E-state index in [-0.39, 0.29) is 0 Å². The van der Waals surface area contributed by atoms with E-state index in [1.165, 1.54) is 32.8 Å². The predicted octanol–water partition coefficient (Wildman–Crippen LogP) is 4.01. The fourth-order valence-corrected chi connectivity index (χ4v) is 3.14. The third-order valence-electron chi connectivity index (χ3n) is 3.29. The summed E-state index contributed by atoms with van der Waals surface area (Å²) in [6.45, 7) is 8.68. The van der Waals surface area contributed by atoms with Crippen molar-refractivity contribution in [3.8, 4) is 0 Å². The van der Waals surface area contributed by atoms with E-state index < -0.39 is 0 Å². The van der Waals surface area contributed by atoms with Gasteiger partial charge in [0.25, 0.3) is 0 Å². The summed E-state index contributed by atoms with van der Waals surface area (Å²) in [7, 11) is 1.92. The molecule has 0 aliphatic carbocycles. The van der Waals surface area contributed by atoms with Crippen LogP contribution in [0.4, 0.5) is 5.13 Å². The van der Waals surface area contributed by atoms with Crippen molar-refractivity contribution in [3.05, 3.63) is 45.0 Å². The molecule has 1 N–H and O–H groups in total. The molecule has 2 nitrogen and oxygen atoms in total. The third kappa shape index (κ3) is 2.56. The largest absolute Gasteiger partial charge is 0.365 e. The second kappa shape index (κ2) is 5.11.